The third kappa shape index (κ3) is 6.03. The molecule has 2 amide bonds. The molecular weight excluding hydrogens is 414 g/mol. The second-order valence-corrected chi connectivity index (χ2v) is 6.82. The molecule has 158 valence electrons. The van der Waals surface area contributed by atoms with Crippen molar-refractivity contribution >= 4 is 40.5 Å². The van der Waals surface area contributed by atoms with Crippen LogP contribution in [-0.4, -0.2) is 31.1 Å². The molecule has 0 aromatic heterocycles. The highest BCUT2D eigenvalue weighted by Crippen LogP contribution is 2.22. The molecule has 3 aromatic rings. The molecule has 0 fully saturated rings. The molecule has 0 atom stereocenters. The summed E-state index contributed by atoms with van der Waals surface area (Å²) < 4.78 is 10.4. The normalized spacial score (nSPS) is 10.0. The van der Waals surface area contributed by atoms with Gasteiger partial charge in [0.15, 0.2) is 5.11 Å². The molecule has 8 heteroatoms. The molecule has 0 saturated heterocycles. The first-order valence-corrected chi connectivity index (χ1v) is 9.71. The number of ether oxygens (including phenoxy) is 2. The number of benzene rings is 3. The number of hydrogen-bond donors (Lipinski definition) is 3. The van der Waals surface area contributed by atoms with Crippen molar-refractivity contribution in [2.24, 2.45) is 0 Å². The first-order chi connectivity index (χ1) is 15.0. The van der Waals surface area contributed by atoms with Gasteiger partial charge in [-0.2, -0.15) is 0 Å². The summed E-state index contributed by atoms with van der Waals surface area (Å²) in [6.07, 6.45) is 0. The maximum absolute atomic E-state index is 12.5. The molecule has 0 bridgehead atoms. The lowest BCUT2D eigenvalue weighted by molar-refractivity contribution is 0.0975. The van der Waals surface area contributed by atoms with Gasteiger partial charge in [0.05, 0.1) is 14.2 Å². The smallest absolute Gasteiger partial charge is 0.257 e. The van der Waals surface area contributed by atoms with Gasteiger partial charge in [-0.1, -0.05) is 24.3 Å². The van der Waals surface area contributed by atoms with Gasteiger partial charge in [0.2, 0.25) is 0 Å². The predicted molar refractivity (Wildman–Crippen MR) is 124 cm³/mol. The Bertz CT molecular complexity index is 1080. The molecule has 0 aliphatic heterocycles. The van der Waals surface area contributed by atoms with Gasteiger partial charge in [0, 0.05) is 28.6 Å². The average molecular weight is 436 g/mol. The Balaban J connectivity index is 1.64. The molecule has 0 spiro atoms. The summed E-state index contributed by atoms with van der Waals surface area (Å²) in [7, 11) is 3.01. The zero-order chi connectivity index (χ0) is 22.2. The zero-order valence-corrected chi connectivity index (χ0v) is 17.8. The van der Waals surface area contributed by atoms with E-state index >= 15 is 0 Å². The van der Waals surface area contributed by atoms with Gasteiger partial charge < -0.3 is 20.1 Å². The highest BCUT2D eigenvalue weighted by Gasteiger charge is 2.12. The van der Waals surface area contributed by atoms with Crippen molar-refractivity contribution in [3.63, 3.8) is 0 Å². The largest absolute Gasteiger partial charge is 0.497 e. The van der Waals surface area contributed by atoms with Gasteiger partial charge in [-0.3, -0.25) is 14.9 Å². The van der Waals surface area contributed by atoms with Crippen molar-refractivity contribution in [3.8, 4) is 11.5 Å². The summed E-state index contributed by atoms with van der Waals surface area (Å²) in [6, 6.07) is 20.7. The fourth-order valence-electron chi connectivity index (χ4n) is 2.74. The molecule has 0 radical (unpaired) electrons. The number of carbonyl (C=O) groups is 2. The molecule has 7 nitrogen and oxygen atoms in total. The Labute approximate surface area is 185 Å². The minimum Gasteiger partial charge on any atom is -0.497 e. The fourth-order valence-corrected chi connectivity index (χ4v) is 2.95. The maximum atomic E-state index is 12.5. The molecule has 3 N–H and O–H groups in total. The Morgan fingerprint density at radius 2 is 1.32 bits per heavy atom. The fraction of sp³-hybridized carbons (Fsp3) is 0.0870. The molecule has 3 rings (SSSR count). The van der Waals surface area contributed by atoms with Gasteiger partial charge in [-0.15, -0.1) is 0 Å². The topological polar surface area (TPSA) is 88.7 Å². The SMILES string of the molecule is COc1cc(OC)cc(C(=O)NC(=S)Nc2cccc(NC(=O)c3ccccc3)c2)c1. The van der Waals surface area contributed by atoms with Crippen molar-refractivity contribution in [2.75, 3.05) is 24.9 Å². The van der Waals surface area contributed by atoms with Crippen LogP contribution in [0.1, 0.15) is 20.7 Å². The van der Waals surface area contributed by atoms with Crippen LogP contribution in [0.4, 0.5) is 11.4 Å². The monoisotopic (exact) mass is 435 g/mol. The highest BCUT2D eigenvalue weighted by atomic mass is 32.1. The number of amides is 2. The minimum atomic E-state index is -0.414. The summed E-state index contributed by atoms with van der Waals surface area (Å²) in [6.45, 7) is 0. The third-order valence-electron chi connectivity index (χ3n) is 4.25. The quantitative estimate of drug-likeness (QED) is 0.506. The van der Waals surface area contributed by atoms with E-state index in [2.05, 4.69) is 16.0 Å². The Hall–Kier alpha value is -3.91. The van der Waals surface area contributed by atoms with E-state index in [1.165, 1.54) is 14.2 Å². The summed E-state index contributed by atoms with van der Waals surface area (Å²) in [5.74, 6) is 0.347. The molecule has 0 aliphatic rings. The van der Waals surface area contributed by atoms with Gasteiger partial charge in [0.25, 0.3) is 11.8 Å². The Kier molecular flexibility index (Phi) is 7.18. The number of methoxy groups -OCH3 is 2. The lowest BCUT2D eigenvalue weighted by atomic mass is 10.2. The van der Waals surface area contributed by atoms with Crippen molar-refractivity contribution in [3.05, 3.63) is 83.9 Å². The Morgan fingerprint density at radius 1 is 0.710 bits per heavy atom. The van der Waals surface area contributed by atoms with Crippen molar-refractivity contribution < 1.29 is 19.1 Å². The number of nitrogens with one attached hydrogen (secondary N) is 3. The molecule has 3 aromatic carbocycles. The van der Waals surface area contributed by atoms with E-state index in [4.69, 9.17) is 21.7 Å². The second-order valence-electron chi connectivity index (χ2n) is 6.41. The first kappa shape index (κ1) is 21.8. The third-order valence-corrected chi connectivity index (χ3v) is 4.46. The number of carbonyl (C=O) groups excluding carboxylic acids is 2. The van der Waals surface area contributed by atoms with Crippen molar-refractivity contribution in [1.29, 1.82) is 0 Å². The molecule has 0 heterocycles. The predicted octanol–water partition coefficient (Wildman–Crippen LogP) is 4.08. The summed E-state index contributed by atoms with van der Waals surface area (Å²) >= 11 is 5.25. The van der Waals surface area contributed by atoms with E-state index in [9.17, 15) is 9.59 Å². The van der Waals surface area contributed by atoms with Gasteiger partial charge in [-0.25, -0.2) is 0 Å². The van der Waals surface area contributed by atoms with Crippen LogP contribution < -0.4 is 25.4 Å². The maximum Gasteiger partial charge on any atom is 0.257 e. The molecule has 0 saturated carbocycles. The van der Waals surface area contributed by atoms with Crippen LogP contribution in [0, 0.1) is 0 Å². The molecule has 0 unspecified atom stereocenters. The van der Waals surface area contributed by atoms with E-state index < -0.39 is 5.91 Å². The van der Waals surface area contributed by atoms with Crippen LogP contribution >= 0.6 is 12.2 Å². The summed E-state index contributed by atoms with van der Waals surface area (Å²) in [5, 5.41) is 8.49. The summed E-state index contributed by atoms with van der Waals surface area (Å²) in [5.41, 5.74) is 2.09. The van der Waals surface area contributed by atoms with E-state index in [-0.39, 0.29) is 11.0 Å². The van der Waals surface area contributed by atoms with Crippen molar-refractivity contribution in [1.82, 2.24) is 5.32 Å². The number of anilines is 2. The van der Waals surface area contributed by atoms with Gasteiger partial charge in [-0.05, 0) is 54.7 Å². The molecular formula is C23H21N3O4S. The first-order valence-electron chi connectivity index (χ1n) is 9.30. The van der Waals surface area contributed by atoms with Crippen LogP contribution in [0.5, 0.6) is 11.5 Å². The van der Waals surface area contributed by atoms with Crippen molar-refractivity contribution in [2.45, 2.75) is 0 Å². The number of hydrogen-bond acceptors (Lipinski definition) is 5. The van der Waals surface area contributed by atoms with Gasteiger partial charge in [0.1, 0.15) is 11.5 Å². The number of rotatable bonds is 6. The molecule has 31 heavy (non-hydrogen) atoms. The lowest BCUT2D eigenvalue weighted by Gasteiger charge is -2.12. The lowest BCUT2D eigenvalue weighted by Crippen LogP contribution is -2.34. The minimum absolute atomic E-state index is 0.110. The molecule has 0 aliphatic carbocycles. The van der Waals surface area contributed by atoms with Gasteiger partial charge >= 0.3 is 0 Å². The summed E-state index contributed by atoms with van der Waals surface area (Å²) in [4.78, 5) is 24.9. The van der Waals surface area contributed by atoms with E-state index in [1.54, 1.807) is 66.7 Å². The second kappa shape index (κ2) is 10.2. The zero-order valence-electron chi connectivity index (χ0n) is 17.0. The van der Waals surface area contributed by atoms with Crippen LogP contribution in [0.3, 0.4) is 0 Å². The van der Waals surface area contributed by atoms with Crippen LogP contribution in [0.25, 0.3) is 0 Å². The standard InChI is InChI=1S/C23H21N3O4S/c1-29-19-11-16(12-20(14-19)30-2)22(28)26-23(31)25-18-10-6-9-17(13-18)24-21(27)15-7-4-3-5-8-15/h3-14H,1-2H3,(H,24,27)(H2,25,26,28,31). The van der Waals surface area contributed by atoms with Crippen LogP contribution in [-0.2, 0) is 0 Å². The highest BCUT2D eigenvalue weighted by molar-refractivity contribution is 7.80. The van der Waals surface area contributed by atoms with E-state index in [1.807, 2.05) is 6.07 Å². The van der Waals surface area contributed by atoms with E-state index in [0.717, 1.165) is 0 Å². The number of thiocarbonyl (C=S) groups is 1. The Morgan fingerprint density at radius 3 is 1.94 bits per heavy atom. The van der Waals surface area contributed by atoms with E-state index in [0.29, 0.717) is 34.0 Å². The van der Waals surface area contributed by atoms with Crippen LogP contribution in [0.2, 0.25) is 0 Å². The van der Waals surface area contributed by atoms with Crippen LogP contribution in [0.15, 0.2) is 72.8 Å². The average Bonchev–Trinajstić information content (AvgIpc) is 2.79.